The lowest BCUT2D eigenvalue weighted by Gasteiger charge is -2.33. The van der Waals surface area contributed by atoms with E-state index >= 15 is 0 Å². The van der Waals surface area contributed by atoms with Gasteiger partial charge in [0, 0.05) is 60.5 Å². The number of anilines is 1. The summed E-state index contributed by atoms with van der Waals surface area (Å²) in [5.74, 6) is 1.01. The Bertz CT molecular complexity index is 1420. The fourth-order valence-corrected chi connectivity index (χ4v) is 4.60. The molecule has 34 heavy (non-hydrogen) atoms. The highest BCUT2D eigenvalue weighted by Gasteiger charge is 2.19. The van der Waals surface area contributed by atoms with Crippen molar-refractivity contribution in [3.05, 3.63) is 78.9 Å². The van der Waals surface area contributed by atoms with Gasteiger partial charge in [-0.2, -0.15) is 0 Å². The van der Waals surface area contributed by atoms with Crippen molar-refractivity contribution in [1.29, 1.82) is 0 Å². The number of nitrogens with one attached hydrogen (secondary N) is 1. The van der Waals surface area contributed by atoms with Gasteiger partial charge in [0.15, 0.2) is 0 Å². The molecule has 5 rings (SSSR count). The molecule has 0 amide bonds. The minimum atomic E-state index is 0.874. The predicted octanol–water partition coefficient (Wildman–Crippen LogP) is 5.46. The van der Waals surface area contributed by atoms with E-state index in [-0.39, 0.29) is 0 Å². The summed E-state index contributed by atoms with van der Waals surface area (Å²) in [7, 11) is 2.17. The molecule has 1 fully saturated rings. The Morgan fingerprint density at radius 2 is 1.88 bits per heavy atom. The van der Waals surface area contributed by atoms with Crippen LogP contribution in [0.2, 0.25) is 0 Å². The number of rotatable bonds is 5. The Balaban J connectivity index is 1.61. The van der Waals surface area contributed by atoms with Crippen molar-refractivity contribution < 1.29 is 0 Å². The highest BCUT2D eigenvalue weighted by atomic mass is 15.3. The molecule has 0 spiro atoms. The summed E-state index contributed by atoms with van der Waals surface area (Å²) in [6, 6.07) is 8.66. The molecule has 4 heterocycles. The van der Waals surface area contributed by atoms with Crippen molar-refractivity contribution in [2.24, 2.45) is 0 Å². The average molecular weight is 451 g/mol. The molecule has 0 aliphatic carbocycles. The fourth-order valence-electron chi connectivity index (χ4n) is 4.60. The minimum Gasteiger partial charge on any atom is -0.353 e. The number of hydrogen-bond acceptors (Lipinski definition) is 5. The molecule has 6 heteroatoms. The van der Waals surface area contributed by atoms with E-state index in [9.17, 15) is 0 Å². The van der Waals surface area contributed by atoms with E-state index < -0.39 is 0 Å². The van der Waals surface area contributed by atoms with Crippen LogP contribution in [0.3, 0.4) is 0 Å². The lowest BCUT2D eigenvalue weighted by Crippen LogP contribution is -2.44. The minimum absolute atomic E-state index is 0.874. The zero-order valence-electron chi connectivity index (χ0n) is 20.0. The van der Waals surface area contributed by atoms with Crippen LogP contribution in [0, 0.1) is 0 Å². The second-order valence-corrected chi connectivity index (χ2v) is 8.83. The first-order valence-corrected chi connectivity index (χ1v) is 11.7. The molecule has 0 atom stereocenters. The summed E-state index contributed by atoms with van der Waals surface area (Å²) in [6.07, 6.45) is 11.6. The molecule has 4 aromatic rings. The molecule has 172 valence electrons. The van der Waals surface area contributed by atoms with E-state index in [2.05, 4.69) is 82.6 Å². The molecule has 0 bridgehead atoms. The first kappa shape index (κ1) is 22.0. The van der Waals surface area contributed by atoms with Gasteiger partial charge < -0.3 is 14.8 Å². The number of piperazine rings is 1. The van der Waals surface area contributed by atoms with Crippen LogP contribution in [-0.2, 0) is 0 Å². The van der Waals surface area contributed by atoms with Gasteiger partial charge in [0.05, 0.1) is 5.52 Å². The molecule has 1 aliphatic heterocycles. The van der Waals surface area contributed by atoms with Crippen molar-refractivity contribution in [2.45, 2.75) is 13.8 Å². The molecule has 0 saturated carbocycles. The summed E-state index contributed by atoms with van der Waals surface area (Å²) in [5, 5.41) is 2.17. The molecule has 6 nitrogen and oxygen atoms in total. The van der Waals surface area contributed by atoms with Crippen LogP contribution >= 0.6 is 0 Å². The molecular formula is C28H30N6. The first-order chi connectivity index (χ1) is 16.6. The number of fused-ring (bicyclic) bond motifs is 2. The maximum Gasteiger partial charge on any atom is 0.139 e. The number of aromatic amines is 1. The molecule has 1 saturated heterocycles. The van der Waals surface area contributed by atoms with Gasteiger partial charge >= 0.3 is 0 Å². The van der Waals surface area contributed by atoms with Crippen LogP contribution in [0.25, 0.3) is 38.6 Å². The van der Waals surface area contributed by atoms with Gasteiger partial charge in [0.25, 0.3) is 0 Å². The fraction of sp³-hybridized carbons (Fsp3) is 0.250. The van der Waals surface area contributed by atoms with Crippen LogP contribution in [-0.4, -0.2) is 58.1 Å². The number of pyridine rings is 1. The number of likely N-dealkylation sites (N-methyl/N-ethyl adjacent to an activating group) is 1. The van der Waals surface area contributed by atoms with Crippen molar-refractivity contribution in [2.75, 3.05) is 38.1 Å². The zero-order valence-corrected chi connectivity index (χ0v) is 20.0. The standard InChI is InChI=1S/C28H30N6/c1-5-7-22(19(3)6-2)21-15-23-25(17-30-27(23)29-16-21)20-8-9-26-24(14-20)28(32-18-31-26)34-12-10-33(4)11-13-34/h5-9,14-18H,1,10-13H2,2-4H3,(H,29,30)/b19-6-,22-7+. The summed E-state index contributed by atoms with van der Waals surface area (Å²) in [6.45, 7) is 12.1. The Hall–Kier alpha value is -3.77. The van der Waals surface area contributed by atoms with Crippen molar-refractivity contribution in [3.8, 4) is 11.1 Å². The zero-order chi connectivity index (χ0) is 23.7. The highest BCUT2D eigenvalue weighted by molar-refractivity contribution is 6.00. The van der Waals surface area contributed by atoms with Gasteiger partial charge in [-0.05, 0) is 55.8 Å². The van der Waals surface area contributed by atoms with Gasteiger partial charge in [0.2, 0.25) is 0 Å². The largest absolute Gasteiger partial charge is 0.353 e. The predicted molar refractivity (Wildman–Crippen MR) is 142 cm³/mol. The summed E-state index contributed by atoms with van der Waals surface area (Å²) in [4.78, 5) is 22.0. The third-order valence-corrected chi connectivity index (χ3v) is 6.71. The van der Waals surface area contributed by atoms with E-state index in [1.807, 2.05) is 24.5 Å². The van der Waals surface area contributed by atoms with E-state index in [4.69, 9.17) is 4.98 Å². The van der Waals surface area contributed by atoms with Crippen LogP contribution in [0.15, 0.2) is 73.4 Å². The molecule has 1 N–H and O–H groups in total. The molecule has 0 unspecified atom stereocenters. The summed E-state index contributed by atoms with van der Waals surface area (Å²) >= 11 is 0. The van der Waals surface area contributed by atoms with Gasteiger partial charge in [-0.15, -0.1) is 0 Å². The molecular weight excluding hydrogens is 420 g/mol. The number of allylic oxidation sites excluding steroid dienone is 5. The van der Waals surface area contributed by atoms with Gasteiger partial charge in [-0.25, -0.2) is 15.0 Å². The lowest BCUT2D eigenvalue weighted by molar-refractivity contribution is 0.312. The smallest absolute Gasteiger partial charge is 0.139 e. The molecule has 0 radical (unpaired) electrons. The first-order valence-electron chi connectivity index (χ1n) is 11.7. The molecule has 3 aromatic heterocycles. The van der Waals surface area contributed by atoms with Crippen LogP contribution in [0.4, 0.5) is 5.82 Å². The van der Waals surface area contributed by atoms with Gasteiger partial charge in [-0.3, -0.25) is 0 Å². The Labute approximate surface area is 200 Å². The number of hydrogen-bond donors (Lipinski definition) is 1. The van der Waals surface area contributed by atoms with Crippen LogP contribution in [0.5, 0.6) is 0 Å². The second-order valence-electron chi connectivity index (χ2n) is 8.83. The summed E-state index contributed by atoms with van der Waals surface area (Å²) in [5.41, 5.74) is 7.48. The molecule has 1 aromatic carbocycles. The van der Waals surface area contributed by atoms with E-state index in [0.717, 1.165) is 76.2 Å². The Morgan fingerprint density at radius 3 is 2.65 bits per heavy atom. The van der Waals surface area contributed by atoms with Crippen molar-refractivity contribution in [1.82, 2.24) is 24.8 Å². The van der Waals surface area contributed by atoms with Crippen molar-refractivity contribution in [3.63, 3.8) is 0 Å². The van der Waals surface area contributed by atoms with E-state index in [1.54, 1.807) is 6.33 Å². The van der Waals surface area contributed by atoms with E-state index in [0.29, 0.717) is 0 Å². The second kappa shape index (κ2) is 9.23. The summed E-state index contributed by atoms with van der Waals surface area (Å²) < 4.78 is 0. The molecule has 1 aliphatic rings. The maximum atomic E-state index is 4.71. The normalized spacial score (nSPS) is 15.9. The van der Waals surface area contributed by atoms with Crippen molar-refractivity contribution >= 4 is 33.3 Å². The van der Waals surface area contributed by atoms with E-state index in [1.165, 1.54) is 5.57 Å². The topological polar surface area (TPSA) is 60.9 Å². The average Bonchev–Trinajstić information content (AvgIpc) is 3.30. The Morgan fingerprint density at radius 1 is 1.06 bits per heavy atom. The van der Waals surface area contributed by atoms with Crippen LogP contribution in [0.1, 0.15) is 19.4 Å². The third-order valence-electron chi connectivity index (χ3n) is 6.71. The van der Waals surface area contributed by atoms with Crippen LogP contribution < -0.4 is 4.90 Å². The maximum absolute atomic E-state index is 4.71. The van der Waals surface area contributed by atoms with Gasteiger partial charge in [-0.1, -0.05) is 30.9 Å². The van der Waals surface area contributed by atoms with Gasteiger partial charge in [0.1, 0.15) is 17.8 Å². The Kier molecular flexibility index (Phi) is 5.99. The number of benzene rings is 1. The SMILES string of the molecule is C=C/C=C(\C(C)=C/C)c1cnc2[nH]cc(-c3ccc4ncnc(N5CCN(C)CC5)c4c3)c2c1. The monoisotopic (exact) mass is 450 g/mol. The highest BCUT2D eigenvalue weighted by Crippen LogP contribution is 2.34. The quantitative estimate of drug-likeness (QED) is 0.409. The number of H-pyrrole nitrogens is 1. The lowest BCUT2D eigenvalue weighted by atomic mass is 9.97. The number of nitrogens with zero attached hydrogens (tertiary/aromatic N) is 5. The third kappa shape index (κ3) is 4.01. The number of aromatic nitrogens is 4.